The van der Waals surface area contributed by atoms with Gasteiger partial charge in [0.05, 0.1) is 12.5 Å². The summed E-state index contributed by atoms with van der Waals surface area (Å²) in [6.45, 7) is 1.98. The van der Waals surface area contributed by atoms with Crippen LogP contribution in [0, 0.1) is 0 Å². The van der Waals surface area contributed by atoms with E-state index >= 15 is 0 Å². The van der Waals surface area contributed by atoms with Gasteiger partial charge >= 0.3 is 5.97 Å². The van der Waals surface area contributed by atoms with E-state index in [0.29, 0.717) is 0 Å². The average Bonchev–Trinajstić information content (AvgIpc) is 2.28. The lowest BCUT2D eigenvalue weighted by Gasteiger charge is -2.33. The van der Waals surface area contributed by atoms with Crippen molar-refractivity contribution in [2.45, 2.75) is 31.6 Å². The number of carbonyl (C=O) groups excluding carboxylic acids is 1. The summed E-state index contributed by atoms with van der Waals surface area (Å²) >= 11 is 0. The molecular formula is C13H16O2. The molecule has 80 valence electrons. The first kappa shape index (κ1) is 10.2. The summed E-state index contributed by atoms with van der Waals surface area (Å²) < 4.78 is 4.91. The lowest BCUT2D eigenvalue weighted by Crippen LogP contribution is -2.37. The Morgan fingerprint density at radius 1 is 1.40 bits per heavy atom. The zero-order chi connectivity index (χ0) is 10.9. The summed E-state index contributed by atoms with van der Waals surface area (Å²) in [7, 11) is 1.46. The molecule has 0 aromatic heterocycles. The quantitative estimate of drug-likeness (QED) is 0.657. The monoisotopic (exact) mass is 204 g/mol. The van der Waals surface area contributed by atoms with Gasteiger partial charge in [0.25, 0.3) is 0 Å². The molecule has 0 heterocycles. The fourth-order valence-electron chi connectivity index (χ4n) is 2.48. The molecule has 0 bridgehead atoms. The van der Waals surface area contributed by atoms with Gasteiger partial charge in [0.1, 0.15) is 0 Å². The molecular weight excluding hydrogens is 188 g/mol. The van der Waals surface area contributed by atoms with Crippen LogP contribution < -0.4 is 0 Å². The largest absolute Gasteiger partial charge is 0.468 e. The molecule has 1 atom stereocenters. The Hall–Kier alpha value is -1.31. The number of aryl methyl sites for hydroxylation is 1. The number of esters is 1. The summed E-state index contributed by atoms with van der Waals surface area (Å²) in [6.07, 6.45) is 3.02. The van der Waals surface area contributed by atoms with Crippen molar-refractivity contribution in [3.05, 3.63) is 35.4 Å². The van der Waals surface area contributed by atoms with Crippen LogP contribution in [0.1, 0.15) is 30.9 Å². The fraction of sp³-hybridized carbons (Fsp3) is 0.462. The molecule has 2 heteroatoms. The maximum Gasteiger partial charge on any atom is 0.316 e. The van der Waals surface area contributed by atoms with Gasteiger partial charge in [-0.25, -0.2) is 0 Å². The van der Waals surface area contributed by atoms with Crippen LogP contribution in [0.5, 0.6) is 0 Å². The van der Waals surface area contributed by atoms with Gasteiger partial charge in [-0.15, -0.1) is 0 Å². The number of rotatable bonds is 1. The van der Waals surface area contributed by atoms with Crippen LogP contribution in [-0.4, -0.2) is 13.1 Å². The minimum absolute atomic E-state index is 0.116. The highest BCUT2D eigenvalue weighted by Gasteiger charge is 2.39. The Kier molecular flexibility index (Phi) is 2.51. The van der Waals surface area contributed by atoms with Gasteiger partial charge in [0, 0.05) is 0 Å². The van der Waals surface area contributed by atoms with E-state index in [1.165, 1.54) is 12.7 Å². The van der Waals surface area contributed by atoms with Crippen molar-refractivity contribution >= 4 is 5.97 Å². The van der Waals surface area contributed by atoms with Crippen LogP contribution in [0.15, 0.2) is 24.3 Å². The average molecular weight is 204 g/mol. The van der Waals surface area contributed by atoms with Crippen molar-refractivity contribution in [3.63, 3.8) is 0 Å². The van der Waals surface area contributed by atoms with Crippen molar-refractivity contribution < 1.29 is 9.53 Å². The van der Waals surface area contributed by atoms with E-state index in [-0.39, 0.29) is 5.97 Å². The number of carbonyl (C=O) groups is 1. The van der Waals surface area contributed by atoms with Gasteiger partial charge in [-0.3, -0.25) is 4.79 Å². The van der Waals surface area contributed by atoms with Gasteiger partial charge < -0.3 is 4.74 Å². The minimum atomic E-state index is -0.441. The first-order valence-electron chi connectivity index (χ1n) is 5.35. The molecule has 1 aromatic rings. The molecule has 1 aliphatic rings. The molecule has 0 saturated heterocycles. The number of hydrogen-bond donors (Lipinski definition) is 0. The first-order chi connectivity index (χ1) is 7.18. The summed E-state index contributed by atoms with van der Waals surface area (Å²) in [5.74, 6) is -0.116. The zero-order valence-corrected chi connectivity index (χ0v) is 9.25. The van der Waals surface area contributed by atoms with Gasteiger partial charge in [-0.2, -0.15) is 0 Å². The molecule has 0 fully saturated rings. The Morgan fingerprint density at radius 3 is 2.87 bits per heavy atom. The van der Waals surface area contributed by atoms with Gasteiger partial charge in [-0.1, -0.05) is 24.3 Å². The maximum absolute atomic E-state index is 11.8. The molecule has 0 spiro atoms. The van der Waals surface area contributed by atoms with E-state index < -0.39 is 5.41 Å². The van der Waals surface area contributed by atoms with E-state index in [4.69, 9.17) is 4.74 Å². The van der Waals surface area contributed by atoms with Crippen LogP contribution in [0.4, 0.5) is 0 Å². The number of ether oxygens (including phenoxy) is 1. The first-order valence-corrected chi connectivity index (χ1v) is 5.35. The third-order valence-corrected chi connectivity index (χ3v) is 3.37. The van der Waals surface area contributed by atoms with Crippen molar-refractivity contribution in [3.8, 4) is 0 Å². The van der Waals surface area contributed by atoms with Crippen molar-refractivity contribution in [1.29, 1.82) is 0 Å². The lowest BCUT2D eigenvalue weighted by atomic mass is 9.71. The van der Waals surface area contributed by atoms with Crippen LogP contribution >= 0.6 is 0 Å². The molecule has 1 aromatic carbocycles. The molecule has 0 N–H and O–H groups in total. The smallest absolute Gasteiger partial charge is 0.316 e. The van der Waals surface area contributed by atoms with Gasteiger partial charge in [0.2, 0.25) is 0 Å². The Bertz CT molecular complexity index is 384. The van der Waals surface area contributed by atoms with E-state index in [9.17, 15) is 4.79 Å². The summed E-state index contributed by atoms with van der Waals surface area (Å²) in [5, 5.41) is 0. The molecule has 0 aliphatic heterocycles. The summed E-state index contributed by atoms with van der Waals surface area (Å²) in [5.41, 5.74) is 1.99. The van der Waals surface area contributed by atoms with E-state index in [1.54, 1.807) is 0 Å². The Balaban J connectivity index is 2.49. The van der Waals surface area contributed by atoms with Gasteiger partial charge in [0.15, 0.2) is 0 Å². The third-order valence-electron chi connectivity index (χ3n) is 3.37. The molecule has 1 unspecified atom stereocenters. The Morgan fingerprint density at radius 2 is 2.13 bits per heavy atom. The fourth-order valence-corrected chi connectivity index (χ4v) is 2.48. The topological polar surface area (TPSA) is 26.3 Å². The van der Waals surface area contributed by atoms with Crippen LogP contribution in [0.25, 0.3) is 0 Å². The van der Waals surface area contributed by atoms with Crippen molar-refractivity contribution in [1.82, 2.24) is 0 Å². The highest BCUT2D eigenvalue weighted by atomic mass is 16.5. The molecule has 0 saturated carbocycles. The predicted octanol–water partition coefficient (Wildman–Crippen LogP) is 2.45. The zero-order valence-electron chi connectivity index (χ0n) is 9.25. The highest BCUT2D eigenvalue weighted by molar-refractivity contribution is 5.83. The lowest BCUT2D eigenvalue weighted by molar-refractivity contribution is -0.147. The number of methoxy groups -OCH3 is 1. The normalized spacial score (nSPS) is 24.4. The van der Waals surface area contributed by atoms with E-state index in [2.05, 4.69) is 6.07 Å². The number of benzene rings is 1. The van der Waals surface area contributed by atoms with E-state index in [0.717, 1.165) is 24.8 Å². The van der Waals surface area contributed by atoms with Crippen LogP contribution in [0.3, 0.4) is 0 Å². The number of fused-ring (bicyclic) bond motifs is 1. The number of hydrogen-bond acceptors (Lipinski definition) is 2. The maximum atomic E-state index is 11.8. The molecule has 2 nitrogen and oxygen atoms in total. The second-order valence-corrected chi connectivity index (χ2v) is 4.33. The van der Waals surface area contributed by atoms with Gasteiger partial charge in [-0.05, 0) is 37.3 Å². The second kappa shape index (κ2) is 3.69. The highest BCUT2D eigenvalue weighted by Crippen LogP contribution is 2.37. The van der Waals surface area contributed by atoms with E-state index in [1.807, 2.05) is 25.1 Å². The van der Waals surface area contributed by atoms with Crippen molar-refractivity contribution in [2.75, 3.05) is 7.11 Å². The van der Waals surface area contributed by atoms with Crippen LogP contribution in [0.2, 0.25) is 0 Å². The SMILES string of the molecule is COC(=O)C1(C)CCCc2ccccc21. The summed E-state index contributed by atoms with van der Waals surface area (Å²) in [4.78, 5) is 11.8. The molecule has 1 aliphatic carbocycles. The third kappa shape index (κ3) is 1.54. The molecule has 2 rings (SSSR count). The Labute approximate surface area is 90.3 Å². The molecule has 0 radical (unpaired) electrons. The minimum Gasteiger partial charge on any atom is -0.468 e. The predicted molar refractivity (Wildman–Crippen MR) is 58.7 cm³/mol. The second-order valence-electron chi connectivity index (χ2n) is 4.33. The van der Waals surface area contributed by atoms with Crippen LogP contribution in [-0.2, 0) is 21.4 Å². The van der Waals surface area contributed by atoms with Crippen molar-refractivity contribution in [2.24, 2.45) is 0 Å². The molecule has 15 heavy (non-hydrogen) atoms. The summed E-state index contributed by atoms with van der Waals surface area (Å²) in [6, 6.07) is 8.17. The molecule has 0 amide bonds. The standard InChI is InChI=1S/C13H16O2/c1-13(12(14)15-2)9-5-7-10-6-3-4-8-11(10)13/h3-4,6,8H,5,7,9H2,1-2H3.